The van der Waals surface area contributed by atoms with E-state index in [1.807, 2.05) is 48.0 Å². The molecule has 2 heterocycles. The van der Waals surface area contributed by atoms with Gasteiger partial charge in [0, 0.05) is 56.8 Å². The highest BCUT2D eigenvalue weighted by Gasteiger charge is 2.33. The smallest absolute Gasteiger partial charge is 0.224 e. The molecule has 1 amide bonds. The molecule has 1 saturated heterocycles. The number of aryl methyl sites for hydroxylation is 2. The van der Waals surface area contributed by atoms with Crippen LogP contribution in [0.4, 0.5) is 0 Å². The van der Waals surface area contributed by atoms with Crippen LogP contribution in [0.5, 0.6) is 0 Å². The van der Waals surface area contributed by atoms with Gasteiger partial charge < -0.3 is 9.47 Å². The zero-order chi connectivity index (χ0) is 20.1. The predicted molar refractivity (Wildman–Crippen MR) is 108 cm³/mol. The van der Waals surface area contributed by atoms with Crippen LogP contribution in [0, 0.1) is 0 Å². The first-order valence-electron chi connectivity index (χ1n) is 9.67. The lowest BCUT2D eigenvalue weighted by molar-refractivity contribution is -0.132. The fourth-order valence-electron chi connectivity index (χ4n) is 3.90. The summed E-state index contributed by atoms with van der Waals surface area (Å²) in [5.74, 6) is 1.06. The largest absolute Gasteiger partial charge is 0.341 e. The topological polar surface area (TPSA) is 84.3 Å². The molecule has 2 aromatic rings. The van der Waals surface area contributed by atoms with Gasteiger partial charge in [0.15, 0.2) is 0 Å². The first-order chi connectivity index (χ1) is 13.4. The molecule has 8 heteroatoms. The molecule has 1 N–H and O–H groups in total. The molecule has 7 nitrogen and oxygen atoms in total. The highest BCUT2D eigenvalue weighted by atomic mass is 32.2. The number of hydrogen-bond donors (Lipinski definition) is 1. The monoisotopic (exact) mass is 404 g/mol. The van der Waals surface area contributed by atoms with E-state index in [0.29, 0.717) is 26.1 Å². The number of hydrogen-bond acceptors (Lipinski definition) is 4. The van der Waals surface area contributed by atoms with Crippen LogP contribution in [-0.2, 0) is 27.8 Å². The molecule has 1 aliphatic heterocycles. The predicted octanol–water partition coefficient (Wildman–Crippen LogP) is 1.77. The lowest BCUT2D eigenvalue weighted by Gasteiger charge is -2.39. The van der Waals surface area contributed by atoms with E-state index in [1.54, 1.807) is 11.1 Å². The number of carbonyl (C=O) groups is 1. The number of sulfonamides is 1. The average molecular weight is 405 g/mol. The Morgan fingerprint density at radius 3 is 2.71 bits per heavy atom. The summed E-state index contributed by atoms with van der Waals surface area (Å²) >= 11 is 0. The molecule has 0 bridgehead atoms. The van der Waals surface area contributed by atoms with Crippen molar-refractivity contribution in [2.75, 3.05) is 19.3 Å². The molecule has 0 aliphatic carbocycles. The van der Waals surface area contributed by atoms with Crippen molar-refractivity contribution in [3.05, 3.63) is 54.1 Å². The third kappa shape index (κ3) is 5.20. The Bertz CT molecular complexity index is 895. The Hall–Kier alpha value is -2.19. The molecule has 0 radical (unpaired) electrons. The number of nitrogens with zero attached hydrogens (tertiary/aromatic N) is 3. The minimum absolute atomic E-state index is 0.0440. The van der Waals surface area contributed by atoms with E-state index in [2.05, 4.69) is 9.71 Å². The molecule has 1 aromatic heterocycles. The zero-order valence-corrected chi connectivity index (χ0v) is 17.2. The second-order valence-corrected chi connectivity index (χ2v) is 9.06. The van der Waals surface area contributed by atoms with Crippen LogP contribution in [0.2, 0.25) is 0 Å². The van der Waals surface area contributed by atoms with Gasteiger partial charge in [-0.3, -0.25) is 4.79 Å². The Labute approximate surface area is 166 Å². The number of amides is 1. The molecule has 3 rings (SSSR count). The highest BCUT2D eigenvalue weighted by molar-refractivity contribution is 7.88. The van der Waals surface area contributed by atoms with E-state index in [0.717, 1.165) is 24.2 Å². The summed E-state index contributed by atoms with van der Waals surface area (Å²) in [6.07, 6.45) is 6.74. The Morgan fingerprint density at radius 2 is 2.04 bits per heavy atom. The first kappa shape index (κ1) is 20.5. The molecule has 0 spiro atoms. The van der Waals surface area contributed by atoms with Gasteiger partial charge >= 0.3 is 0 Å². The number of aromatic nitrogens is 2. The molecule has 1 aromatic carbocycles. The standard InChI is InChI=1S/C20H28N4O3S/c1-3-19-21-11-14-23(19)13-10-20(25)24-12-9-17(16-7-5-4-6-8-16)18(15-24)22-28(2,26)27/h4-8,11,14,17-18,22H,3,9-10,12-13,15H2,1-2H3/t17-,18-/m0/s1. The summed E-state index contributed by atoms with van der Waals surface area (Å²) in [5, 5.41) is 0. The van der Waals surface area contributed by atoms with Crippen LogP contribution in [-0.4, -0.2) is 54.2 Å². The van der Waals surface area contributed by atoms with Crippen LogP contribution in [0.1, 0.15) is 37.1 Å². The molecule has 28 heavy (non-hydrogen) atoms. The maximum Gasteiger partial charge on any atom is 0.224 e. The molecule has 2 atom stereocenters. The fourth-order valence-corrected chi connectivity index (χ4v) is 4.69. The summed E-state index contributed by atoms with van der Waals surface area (Å²) in [4.78, 5) is 18.8. The van der Waals surface area contributed by atoms with E-state index in [1.165, 1.54) is 6.26 Å². The number of benzene rings is 1. The average Bonchev–Trinajstić information content (AvgIpc) is 3.13. The number of carbonyl (C=O) groups excluding carboxylic acids is 1. The van der Waals surface area contributed by atoms with E-state index >= 15 is 0 Å². The van der Waals surface area contributed by atoms with Crippen molar-refractivity contribution in [3.8, 4) is 0 Å². The van der Waals surface area contributed by atoms with Crippen LogP contribution in [0.15, 0.2) is 42.7 Å². The van der Waals surface area contributed by atoms with Crippen LogP contribution in [0.25, 0.3) is 0 Å². The van der Waals surface area contributed by atoms with Gasteiger partial charge in [-0.15, -0.1) is 0 Å². The van der Waals surface area contributed by atoms with Gasteiger partial charge in [-0.05, 0) is 12.0 Å². The van der Waals surface area contributed by atoms with Crippen molar-refractivity contribution in [3.63, 3.8) is 0 Å². The number of imidazole rings is 1. The third-order valence-corrected chi connectivity index (χ3v) is 5.97. The second-order valence-electron chi connectivity index (χ2n) is 7.28. The second kappa shape index (κ2) is 8.87. The van der Waals surface area contributed by atoms with Gasteiger partial charge in [-0.2, -0.15) is 0 Å². The zero-order valence-electron chi connectivity index (χ0n) is 16.4. The molecule has 0 unspecified atom stereocenters. The molecule has 152 valence electrons. The van der Waals surface area contributed by atoms with Crippen molar-refractivity contribution in [2.24, 2.45) is 0 Å². The lowest BCUT2D eigenvalue weighted by atomic mass is 9.85. The third-order valence-electron chi connectivity index (χ3n) is 5.24. The maximum absolute atomic E-state index is 12.8. The molecule has 1 fully saturated rings. The van der Waals surface area contributed by atoms with Gasteiger partial charge in [0.2, 0.25) is 15.9 Å². The van der Waals surface area contributed by atoms with Gasteiger partial charge in [0.1, 0.15) is 5.82 Å². The molecular weight excluding hydrogens is 376 g/mol. The first-order valence-corrected chi connectivity index (χ1v) is 11.6. The molecule has 0 saturated carbocycles. The van der Waals surface area contributed by atoms with Crippen molar-refractivity contribution >= 4 is 15.9 Å². The Morgan fingerprint density at radius 1 is 1.29 bits per heavy atom. The van der Waals surface area contributed by atoms with E-state index in [9.17, 15) is 13.2 Å². The van der Waals surface area contributed by atoms with Gasteiger partial charge in [0.25, 0.3) is 0 Å². The van der Waals surface area contributed by atoms with Crippen molar-refractivity contribution in [2.45, 2.75) is 44.7 Å². The van der Waals surface area contributed by atoms with Gasteiger partial charge in [-0.1, -0.05) is 37.3 Å². The minimum atomic E-state index is -3.37. The number of nitrogens with one attached hydrogen (secondary N) is 1. The summed E-state index contributed by atoms with van der Waals surface area (Å²) in [7, 11) is -3.37. The Balaban J connectivity index is 1.68. The van der Waals surface area contributed by atoms with Gasteiger partial charge in [0.05, 0.1) is 6.26 Å². The van der Waals surface area contributed by atoms with E-state index in [4.69, 9.17) is 0 Å². The fraction of sp³-hybridized carbons (Fsp3) is 0.500. The SMILES string of the molecule is CCc1nccn1CCC(=O)N1CC[C@@H](c2ccccc2)[C@@H](NS(C)(=O)=O)C1. The van der Waals surface area contributed by atoms with E-state index < -0.39 is 10.0 Å². The number of likely N-dealkylation sites (tertiary alicyclic amines) is 1. The van der Waals surface area contributed by atoms with E-state index in [-0.39, 0.29) is 17.9 Å². The lowest BCUT2D eigenvalue weighted by Crippen LogP contribution is -2.53. The highest BCUT2D eigenvalue weighted by Crippen LogP contribution is 2.29. The van der Waals surface area contributed by atoms with Crippen molar-refractivity contribution in [1.29, 1.82) is 0 Å². The van der Waals surface area contributed by atoms with Crippen LogP contribution < -0.4 is 4.72 Å². The Kier molecular flexibility index (Phi) is 6.51. The van der Waals surface area contributed by atoms with Gasteiger partial charge in [-0.25, -0.2) is 18.1 Å². The van der Waals surface area contributed by atoms with Crippen molar-refractivity contribution < 1.29 is 13.2 Å². The van der Waals surface area contributed by atoms with Crippen molar-refractivity contribution in [1.82, 2.24) is 19.2 Å². The van der Waals surface area contributed by atoms with Crippen LogP contribution in [0.3, 0.4) is 0 Å². The summed E-state index contributed by atoms with van der Waals surface area (Å²) in [5.41, 5.74) is 1.10. The quantitative estimate of drug-likeness (QED) is 0.762. The molecular formula is C20H28N4O3S. The summed E-state index contributed by atoms with van der Waals surface area (Å²) in [6, 6.07) is 9.58. The minimum Gasteiger partial charge on any atom is -0.341 e. The number of piperidine rings is 1. The summed E-state index contributed by atoms with van der Waals surface area (Å²) in [6.45, 7) is 3.64. The maximum atomic E-state index is 12.8. The summed E-state index contributed by atoms with van der Waals surface area (Å²) < 4.78 is 28.5. The molecule has 1 aliphatic rings. The van der Waals surface area contributed by atoms with Crippen LogP contribution >= 0.6 is 0 Å². The number of rotatable bonds is 7. The normalized spacial score (nSPS) is 20.3.